The maximum atomic E-state index is 11.9. The smallest absolute Gasteiger partial charge is 0.321 e. The lowest BCUT2D eigenvalue weighted by Gasteiger charge is -2.15. The molecule has 1 aromatic carbocycles. The molecule has 0 aliphatic heterocycles. The molecule has 0 saturated carbocycles. The average Bonchev–Trinajstić information content (AvgIpc) is 2.37. The second kappa shape index (κ2) is 7.25. The number of esters is 1. The predicted molar refractivity (Wildman–Crippen MR) is 75.2 cm³/mol. The number of hydrogen-bond donors (Lipinski definition) is 1. The Balaban J connectivity index is 2.79. The van der Waals surface area contributed by atoms with E-state index in [-0.39, 0.29) is 12.4 Å². The molecule has 1 atom stereocenters. The Morgan fingerprint density at radius 3 is 2.60 bits per heavy atom. The molecule has 0 aliphatic rings. The van der Waals surface area contributed by atoms with Crippen LogP contribution in [0.3, 0.4) is 0 Å². The molecule has 6 nitrogen and oxygen atoms in total. The number of ether oxygens (including phenoxy) is 2. The van der Waals surface area contributed by atoms with Gasteiger partial charge in [0, 0.05) is 11.6 Å². The molecule has 0 saturated heterocycles. The Bertz CT molecular complexity index is 556. The van der Waals surface area contributed by atoms with Gasteiger partial charge >= 0.3 is 5.97 Å². The average molecular weight is 301 g/mol. The fraction of sp³-hybridized carbons (Fsp3) is 0.462. The van der Waals surface area contributed by atoms with Crippen molar-refractivity contribution in [2.75, 3.05) is 25.2 Å². The second-order valence-corrected chi connectivity index (χ2v) is 6.32. The van der Waals surface area contributed by atoms with Crippen LogP contribution in [0.4, 0.5) is 0 Å². The molecular weight excluding hydrogens is 282 g/mol. The molecule has 20 heavy (non-hydrogen) atoms. The number of hydrogen-bond acceptors (Lipinski definition) is 6. The number of para-hydroxylation sites is 1. The van der Waals surface area contributed by atoms with Crippen molar-refractivity contribution < 1.29 is 22.7 Å². The van der Waals surface area contributed by atoms with E-state index in [1.807, 2.05) is 0 Å². The van der Waals surface area contributed by atoms with Gasteiger partial charge in [-0.15, -0.1) is 0 Å². The van der Waals surface area contributed by atoms with E-state index in [0.717, 1.165) is 0 Å². The van der Waals surface area contributed by atoms with Crippen LogP contribution in [0.25, 0.3) is 0 Å². The Kier molecular flexibility index (Phi) is 5.97. The monoisotopic (exact) mass is 301 g/mol. The van der Waals surface area contributed by atoms with Crippen molar-refractivity contribution in [1.82, 2.24) is 0 Å². The topological polar surface area (TPSA) is 95.7 Å². The molecular formula is C13H19NO5S. The molecule has 0 aromatic heterocycles. The zero-order chi connectivity index (χ0) is 15.2. The van der Waals surface area contributed by atoms with Crippen LogP contribution >= 0.6 is 0 Å². The Morgan fingerprint density at radius 2 is 2.00 bits per heavy atom. The van der Waals surface area contributed by atoms with Crippen LogP contribution in [-0.4, -0.2) is 39.6 Å². The maximum absolute atomic E-state index is 11.9. The molecule has 1 unspecified atom stereocenters. The van der Waals surface area contributed by atoms with E-state index in [9.17, 15) is 13.2 Å². The maximum Gasteiger partial charge on any atom is 0.321 e. The van der Waals surface area contributed by atoms with E-state index in [4.69, 9.17) is 10.5 Å². The normalized spacial score (nSPS) is 12.8. The molecule has 0 amide bonds. The molecule has 2 N–H and O–H groups in total. The van der Waals surface area contributed by atoms with Crippen molar-refractivity contribution in [2.24, 2.45) is 5.73 Å². The van der Waals surface area contributed by atoms with E-state index in [2.05, 4.69) is 4.74 Å². The van der Waals surface area contributed by atoms with Crippen molar-refractivity contribution in [3.8, 4) is 5.75 Å². The first-order valence-corrected chi connectivity index (χ1v) is 7.96. The summed E-state index contributed by atoms with van der Waals surface area (Å²) in [5.41, 5.74) is 6.48. The summed E-state index contributed by atoms with van der Waals surface area (Å²) in [5, 5.41) is 0. The van der Waals surface area contributed by atoms with Gasteiger partial charge in [-0.3, -0.25) is 4.79 Å². The van der Waals surface area contributed by atoms with Crippen LogP contribution in [0.1, 0.15) is 18.5 Å². The van der Waals surface area contributed by atoms with Gasteiger partial charge in [0.25, 0.3) is 0 Å². The largest absolute Gasteiger partial charge is 0.496 e. The highest BCUT2D eigenvalue weighted by Crippen LogP contribution is 2.24. The Hall–Kier alpha value is -1.60. The molecule has 0 bridgehead atoms. The van der Waals surface area contributed by atoms with Gasteiger partial charge in [0.15, 0.2) is 9.84 Å². The zero-order valence-electron chi connectivity index (χ0n) is 11.5. The van der Waals surface area contributed by atoms with Gasteiger partial charge in [-0.25, -0.2) is 8.42 Å². The Labute approximate surface area is 118 Å². The van der Waals surface area contributed by atoms with Gasteiger partial charge in [-0.1, -0.05) is 18.2 Å². The highest BCUT2D eigenvalue weighted by molar-refractivity contribution is 7.92. The third-order valence-electron chi connectivity index (χ3n) is 2.61. The molecule has 1 rings (SSSR count). The number of carbonyl (C=O) groups excluding carboxylic acids is 1. The molecule has 1 aromatic rings. The van der Waals surface area contributed by atoms with E-state index < -0.39 is 27.6 Å². The second-order valence-electron chi connectivity index (χ2n) is 4.21. The highest BCUT2D eigenvalue weighted by Gasteiger charge is 2.23. The quantitative estimate of drug-likeness (QED) is 0.744. The fourth-order valence-corrected chi connectivity index (χ4v) is 3.06. The molecule has 7 heteroatoms. The SMILES string of the molecule is CCOC(=O)CS(=O)(=O)CC(N)c1ccccc1OC. The van der Waals surface area contributed by atoms with Crippen molar-refractivity contribution in [2.45, 2.75) is 13.0 Å². The first-order valence-electron chi connectivity index (χ1n) is 6.14. The minimum Gasteiger partial charge on any atom is -0.496 e. The third-order valence-corrected chi connectivity index (χ3v) is 4.16. The molecule has 112 valence electrons. The minimum absolute atomic E-state index is 0.146. The summed E-state index contributed by atoms with van der Waals surface area (Å²) in [4.78, 5) is 11.2. The minimum atomic E-state index is -3.63. The van der Waals surface area contributed by atoms with E-state index >= 15 is 0 Å². The summed E-state index contributed by atoms with van der Waals surface area (Å²) in [7, 11) is -2.15. The van der Waals surface area contributed by atoms with Crippen LogP contribution in [0, 0.1) is 0 Å². The molecule has 0 spiro atoms. The predicted octanol–water partition coefficient (Wildman–Crippen LogP) is 0.673. The van der Waals surface area contributed by atoms with Crippen LogP contribution in [-0.2, 0) is 19.4 Å². The van der Waals surface area contributed by atoms with Gasteiger partial charge < -0.3 is 15.2 Å². The summed E-state index contributed by atoms with van der Waals surface area (Å²) >= 11 is 0. The lowest BCUT2D eigenvalue weighted by atomic mass is 10.1. The summed E-state index contributed by atoms with van der Waals surface area (Å²) in [5.74, 6) is -1.25. The number of nitrogens with two attached hydrogens (primary N) is 1. The van der Waals surface area contributed by atoms with Gasteiger partial charge in [0.05, 0.1) is 19.5 Å². The van der Waals surface area contributed by atoms with E-state index in [1.165, 1.54) is 7.11 Å². The van der Waals surface area contributed by atoms with E-state index in [0.29, 0.717) is 11.3 Å². The zero-order valence-corrected chi connectivity index (χ0v) is 12.4. The lowest BCUT2D eigenvalue weighted by molar-refractivity contribution is -0.139. The van der Waals surface area contributed by atoms with Crippen LogP contribution in [0.5, 0.6) is 5.75 Å². The fourth-order valence-electron chi connectivity index (χ4n) is 1.78. The summed E-state index contributed by atoms with van der Waals surface area (Å²) in [6.07, 6.45) is 0. The summed E-state index contributed by atoms with van der Waals surface area (Å²) < 4.78 is 33.5. The highest BCUT2D eigenvalue weighted by atomic mass is 32.2. The first kappa shape index (κ1) is 16.5. The standard InChI is InChI=1S/C13H19NO5S/c1-3-19-13(15)9-20(16,17)8-11(14)10-6-4-5-7-12(10)18-2/h4-7,11H,3,8-9,14H2,1-2H3. The van der Waals surface area contributed by atoms with Gasteiger partial charge in [-0.05, 0) is 13.0 Å². The van der Waals surface area contributed by atoms with Gasteiger partial charge in [-0.2, -0.15) is 0 Å². The number of sulfone groups is 1. The number of methoxy groups -OCH3 is 1. The van der Waals surface area contributed by atoms with Crippen molar-refractivity contribution >= 4 is 15.8 Å². The van der Waals surface area contributed by atoms with Gasteiger partial charge in [0.2, 0.25) is 0 Å². The Morgan fingerprint density at radius 1 is 1.35 bits per heavy atom. The summed E-state index contributed by atoms with van der Waals surface area (Å²) in [6, 6.07) is 6.15. The first-order chi connectivity index (χ1) is 9.39. The van der Waals surface area contributed by atoms with Crippen molar-refractivity contribution in [3.63, 3.8) is 0 Å². The number of carbonyl (C=O) groups is 1. The van der Waals surface area contributed by atoms with Crippen LogP contribution < -0.4 is 10.5 Å². The van der Waals surface area contributed by atoms with Crippen LogP contribution in [0.15, 0.2) is 24.3 Å². The molecule has 0 radical (unpaired) electrons. The summed E-state index contributed by atoms with van der Waals surface area (Å²) in [6.45, 7) is 1.76. The third kappa shape index (κ3) is 4.82. The molecule has 0 heterocycles. The van der Waals surface area contributed by atoms with Crippen LogP contribution in [0.2, 0.25) is 0 Å². The molecule has 0 aliphatic carbocycles. The van der Waals surface area contributed by atoms with Crippen molar-refractivity contribution in [3.05, 3.63) is 29.8 Å². The van der Waals surface area contributed by atoms with Gasteiger partial charge in [0.1, 0.15) is 11.5 Å². The van der Waals surface area contributed by atoms with Crippen molar-refractivity contribution in [1.29, 1.82) is 0 Å². The van der Waals surface area contributed by atoms with E-state index in [1.54, 1.807) is 31.2 Å². The number of rotatable bonds is 7. The molecule has 0 fully saturated rings. The number of benzene rings is 1. The lowest BCUT2D eigenvalue weighted by Crippen LogP contribution is -2.27.